The predicted molar refractivity (Wildman–Crippen MR) is 72.3 cm³/mol. The van der Waals surface area contributed by atoms with Gasteiger partial charge in [-0.05, 0) is 19.3 Å². The van der Waals surface area contributed by atoms with Gasteiger partial charge < -0.3 is 5.32 Å². The van der Waals surface area contributed by atoms with Gasteiger partial charge in [0.25, 0.3) is 0 Å². The van der Waals surface area contributed by atoms with Crippen LogP contribution in [0.4, 0.5) is 0 Å². The number of H-pyrrole nitrogens is 1. The monoisotopic (exact) mass is 301 g/mol. The average molecular weight is 301 g/mol. The van der Waals surface area contributed by atoms with E-state index in [9.17, 15) is 13.2 Å². The highest BCUT2D eigenvalue weighted by molar-refractivity contribution is 7.88. The molecule has 1 unspecified atom stereocenters. The molecule has 8 nitrogen and oxygen atoms in total. The number of amides is 1. The lowest BCUT2D eigenvalue weighted by Crippen LogP contribution is -2.45. The molecule has 0 radical (unpaired) electrons. The molecular formula is C11H19N5O3S. The molecule has 0 saturated carbocycles. The van der Waals surface area contributed by atoms with Crippen molar-refractivity contribution in [1.29, 1.82) is 0 Å². The van der Waals surface area contributed by atoms with Crippen LogP contribution in [-0.2, 0) is 21.2 Å². The number of carbonyl (C=O) groups is 1. The van der Waals surface area contributed by atoms with Crippen LogP contribution in [-0.4, -0.2) is 59.2 Å². The maximum atomic E-state index is 12.0. The Balaban J connectivity index is 1.77. The van der Waals surface area contributed by atoms with E-state index in [0.717, 1.165) is 24.9 Å². The number of hydrogen-bond acceptors (Lipinski definition) is 5. The highest BCUT2D eigenvalue weighted by atomic mass is 32.2. The number of aromatic amines is 1. The fourth-order valence-electron chi connectivity index (χ4n) is 2.34. The second-order valence-corrected chi connectivity index (χ2v) is 6.79. The van der Waals surface area contributed by atoms with E-state index in [1.54, 1.807) is 0 Å². The Morgan fingerprint density at radius 2 is 2.40 bits per heavy atom. The van der Waals surface area contributed by atoms with Crippen molar-refractivity contribution in [2.45, 2.75) is 31.7 Å². The van der Waals surface area contributed by atoms with Crippen LogP contribution in [0.15, 0.2) is 6.33 Å². The molecule has 1 aliphatic heterocycles. The first-order valence-corrected chi connectivity index (χ1v) is 8.42. The van der Waals surface area contributed by atoms with Crippen molar-refractivity contribution in [3.63, 3.8) is 0 Å². The minimum Gasteiger partial charge on any atom is -0.355 e. The summed E-state index contributed by atoms with van der Waals surface area (Å²) < 4.78 is 24.4. The molecule has 1 atom stereocenters. The lowest BCUT2D eigenvalue weighted by Gasteiger charge is -2.21. The van der Waals surface area contributed by atoms with Crippen LogP contribution < -0.4 is 5.32 Å². The summed E-state index contributed by atoms with van der Waals surface area (Å²) in [6.07, 6.45) is 5.32. The molecule has 0 spiro atoms. The van der Waals surface area contributed by atoms with Crippen LogP contribution in [0.1, 0.15) is 25.1 Å². The normalized spacial score (nSPS) is 20.1. The van der Waals surface area contributed by atoms with Gasteiger partial charge in [-0.1, -0.05) is 0 Å². The van der Waals surface area contributed by atoms with Crippen LogP contribution in [0.5, 0.6) is 0 Å². The quantitative estimate of drug-likeness (QED) is 0.674. The van der Waals surface area contributed by atoms with Gasteiger partial charge >= 0.3 is 0 Å². The number of aryl methyl sites for hydroxylation is 1. The second kappa shape index (κ2) is 6.31. The first-order valence-electron chi connectivity index (χ1n) is 6.57. The first kappa shape index (κ1) is 14.9. The highest BCUT2D eigenvalue weighted by Crippen LogP contribution is 2.20. The number of carbonyl (C=O) groups excluding carboxylic acids is 1. The zero-order valence-corrected chi connectivity index (χ0v) is 12.2. The first-order chi connectivity index (χ1) is 9.48. The third-order valence-corrected chi connectivity index (χ3v) is 4.58. The van der Waals surface area contributed by atoms with Crippen LogP contribution in [0, 0.1) is 0 Å². The third kappa shape index (κ3) is 3.76. The Hall–Kier alpha value is -1.48. The molecule has 1 amide bonds. The number of sulfonamides is 1. The van der Waals surface area contributed by atoms with Crippen molar-refractivity contribution in [1.82, 2.24) is 24.8 Å². The molecule has 2 heterocycles. The molecule has 1 aromatic rings. The summed E-state index contributed by atoms with van der Waals surface area (Å²) in [6, 6.07) is -0.560. The van der Waals surface area contributed by atoms with E-state index in [1.165, 1.54) is 10.6 Å². The summed E-state index contributed by atoms with van der Waals surface area (Å²) in [6.45, 7) is 0.919. The average Bonchev–Trinajstić information content (AvgIpc) is 3.03. The van der Waals surface area contributed by atoms with Crippen molar-refractivity contribution in [2.24, 2.45) is 0 Å². The molecule has 1 aliphatic rings. The SMILES string of the molecule is CS(=O)(=O)N1CCCC1C(=O)NCCCc1ncn[nH]1. The Bertz CT molecular complexity index is 542. The number of nitrogens with zero attached hydrogens (tertiary/aromatic N) is 3. The van der Waals surface area contributed by atoms with Gasteiger partial charge in [-0.3, -0.25) is 9.89 Å². The summed E-state index contributed by atoms with van der Waals surface area (Å²) in [7, 11) is -3.31. The maximum absolute atomic E-state index is 12.0. The lowest BCUT2D eigenvalue weighted by atomic mass is 10.2. The molecule has 2 N–H and O–H groups in total. The standard InChI is InChI=1S/C11H19N5O3S/c1-20(18,19)16-7-3-4-9(16)11(17)12-6-2-5-10-13-8-14-15-10/h8-9H,2-7H2,1H3,(H,12,17)(H,13,14,15). The predicted octanol–water partition coefficient (Wildman–Crippen LogP) is -0.722. The maximum Gasteiger partial charge on any atom is 0.238 e. The Kier molecular flexibility index (Phi) is 4.71. The van der Waals surface area contributed by atoms with Crippen molar-refractivity contribution in [2.75, 3.05) is 19.3 Å². The zero-order chi connectivity index (χ0) is 14.6. The van der Waals surface area contributed by atoms with E-state index >= 15 is 0 Å². The van der Waals surface area contributed by atoms with Crippen molar-refractivity contribution >= 4 is 15.9 Å². The highest BCUT2D eigenvalue weighted by Gasteiger charge is 2.36. The minimum absolute atomic E-state index is 0.217. The molecule has 20 heavy (non-hydrogen) atoms. The molecular weight excluding hydrogens is 282 g/mol. The Morgan fingerprint density at radius 3 is 3.05 bits per heavy atom. The summed E-state index contributed by atoms with van der Waals surface area (Å²) in [5, 5.41) is 9.27. The molecule has 9 heteroatoms. The van der Waals surface area contributed by atoms with Gasteiger partial charge in [0.15, 0.2) is 0 Å². The van der Waals surface area contributed by atoms with Crippen LogP contribution >= 0.6 is 0 Å². The molecule has 112 valence electrons. The van der Waals surface area contributed by atoms with Crippen molar-refractivity contribution in [3.05, 3.63) is 12.2 Å². The summed E-state index contributed by atoms with van der Waals surface area (Å²) >= 11 is 0. The van der Waals surface area contributed by atoms with E-state index in [-0.39, 0.29) is 5.91 Å². The van der Waals surface area contributed by atoms with Gasteiger partial charge in [-0.15, -0.1) is 0 Å². The second-order valence-electron chi connectivity index (χ2n) is 4.86. The van der Waals surface area contributed by atoms with Gasteiger partial charge in [0.1, 0.15) is 18.2 Å². The van der Waals surface area contributed by atoms with Crippen LogP contribution in [0.2, 0.25) is 0 Å². The largest absolute Gasteiger partial charge is 0.355 e. The lowest BCUT2D eigenvalue weighted by molar-refractivity contribution is -0.124. The molecule has 0 aliphatic carbocycles. The zero-order valence-electron chi connectivity index (χ0n) is 11.4. The van der Waals surface area contributed by atoms with Gasteiger partial charge in [0.2, 0.25) is 15.9 Å². The summed E-state index contributed by atoms with van der Waals surface area (Å²) in [5.74, 6) is 0.559. The number of hydrogen-bond donors (Lipinski definition) is 2. The fraction of sp³-hybridized carbons (Fsp3) is 0.727. The molecule has 1 aromatic heterocycles. The van der Waals surface area contributed by atoms with E-state index in [2.05, 4.69) is 20.5 Å². The topological polar surface area (TPSA) is 108 Å². The molecule has 1 fully saturated rings. The van der Waals surface area contributed by atoms with Crippen molar-refractivity contribution < 1.29 is 13.2 Å². The van der Waals surface area contributed by atoms with Gasteiger partial charge in [0.05, 0.1) is 6.26 Å². The van der Waals surface area contributed by atoms with E-state index < -0.39 is 16.1 Å². The van der Waals surface area contributed by atoms with E-state index in [1.807, 2.05) is 0 Å². The van der Waals surface area contributed by atoms with Gasteiger partial charge in [-0.25, -0.2) is 13.4 Å². The Labute approximate surface area is 118 Å². The molecule has 2 rings (SSSR count). The Morgan fingerprint density at radius 1 is 1.60 bits per heavy atom. The fourth-order valence-corrected chi connectivity index (χ4v) is 3.46. The smallest absolute Gasteiger partial charge is 0.238 e. The van der Waals surface area contributed by atoms with Crippen LogP contribution in [0.3, 0.4) is 0 Å². The number of rotatable bonds is 6. The van der Waals surface area contributed by atoms with Crippen molar-refractivity contribution in [3.8, 4) is 0 Å². The van der Waals surface area contributed by atoms with Crippen LogP contribution in [0.25, 0.3) is 0 Å². The molecule has 0 bridgehead atoms. The van der Waals surface area contributed by atoms with E-state index in [4.69, 9.17) is 0 Å². The minimum atomic E-state index is -3.31. The number of aromatic nitrogens is 3. The van der Waals surface area contributed by atoms with E-state index in [0.29, 0.717) is 25.9 Å². The van der Waals surface area contributed by atoms with Gasteiger partial charge in [0, 0.05) is 19.5 Å². The summed E-state index contributed by atoms with van der Waals surface area (Å²) in [5.41, 5.74) is 0. The molecule has 1 saturated heterocycles. The van der Waals surface area contributed by atoms with Gasteiger partial charge in [-0.2, -0.15) is 9.40 Å². The molecule has 0 aromatic carbocycles. The summed E-state index contributed by atoms with van der Waals surface area (Å²) in [4.78, 5) is 16.0. The third-order valence-electron chi connectivity index (χ3n) is 3.29. The number of nitrogens with one attached hydrogen (secondary N) is 2.